The topological polar surface area (TPSA) is 40.6 Å². The van der Waals surface area contributed by atoms with Crippen LogP contribution in [-0.4, -0.2) is 32.3 Å². The van der Waals surface area contributed by atoms with Gasteiger partial charge in [0.25, 0.3) is 11.7 Å². The standard InChI is InChI=1S/C13H14N2O2/c1-4-7-14(2)9-5-6-10-11(8-9)15(3)13(17)12(10)16/h4-6,8H,1,7H2,2-3H3. The van der Waals surface area contributed by atoms with E-state index in [4.69, 9.17) is 0 Å². The van der Waals surface area contributed by atoms with E-state index in [1.165, 1.54) is 4.90 Å². The van der Waals surface area contributed by atoms with Crippen LogP contribution in [0.5, 0.6) is 0 Å². The smallest absolute Gasteiger partial charge is 0.299 e. The number of fused-ring (bicyclic) bond motifs is 1. The van der Waals surface area contributed by atoms with Gasteiger partial charge in [-0.25, -0.2) is 0 Å². The Balaban J connectivity index is 2.42. The van der Waals surface area contributed by atoms with E-state index in [-0.39, 0.29) is 0 Å². The molecule has 0 radical (unpaired) electrons. The Labute approximate surface area is 100 Å². The van der Waals surface area contributed by atoms with Crippen LogP contribution >= 0.6 is 0 Å². The van der Waals surface area contributed by atoms with Crippen molar-refractivity contribution in [3.8, 4) is 0 Å². The van der Waals surface area contributed by atoms with E-state index in [0.29, 0.717) is 17.8 Å². The highest BCUT2D eigenvalue weighted by Gasteiger charge is 2.33. The number of carbonyl (C=O) groups is 2. The van der Waals surface area contributed by atoms with Gasteiger partial charge in [0.05, 0.1) is 11.3 Å². The van der Waals surface area contributed by atoms with Gasteiger partial charge in [-0.3, -0.25) is 9.59 Å². The molecule has 0 fully saturated rings. The molecule has 1 heterocycles. The number of benzene rings is 1. The number of amides is 1. The first kappa shape index (κ1) is 11.4. The number of carbonyl (C=O) groups excluding carboxylic acids is 2. The van der Waals surface area contributed by atoms with Crippen molar-refractivity contribution < 1.29 is 9.59 Å². The lowest BCUT2D eigenvalue weighted by Crippen LogP contribution is -2.25. The molecule has 1 aliphatic rings. The second kappa shape index (κ2) is 4.05. The Kier molecular flexibility index (Phi) is 2.71. The number of ketones is 1. The Morgan fingerprint density at radius 2 is 2.12 bits per heavy atom. The van der Waals surface area contributed by atoms with Crippen molar-refractivity contribution in [2.75, 3.05) is 30.4 Å². The van der Waals surface area contributed by atoms with Crippen LogP contribution in [0.1, 0.15) is 10.4 Å². The number of hydrogen-bond donors (Lipinski definition) is 0. The first-order chi connectivity index (χ1) is 8.06. The highest BCUT2D eigenvalue weighted by atomic mass is 16.2. The number of hydrogen-bond acceptors (Lipinski definition) is 3. The molecule has 17 heavy (non-hydrogen) atoms. The van der Waals surface area contributed by atoms with Crippen LogP contribution in [-0.2, 0) is 4.79 Å². The third-order valence-corrected chi connectivity index (χ3v) is 2.93. The lowest BCUT2D eigenvalue weighted by Gasteiger charge is -2.19. The van der Waals surface area contributed by atoms with Gasteiger partial charge in [0, 0.05) is 26.3 Å². The molecule has 1 aromatic rings. The maximum absolute atomic E-state index is 11.6. The highest BCUT2D eigenvalue weighted by Crippen LogP contribution is 2.31. The van der Waals surface area contributed by atoms with E-state index in [1.807, 2.05) is 24.1 Å². The van der Waals surface area contributed by atoms with Crippen LogP contribution in [0.3, 0.4) is 0 Å². The number of anilines is 2. The van der Waals surface area contributed by atoms with Crippen molar-refractivity contribution >= 4 is 23.1 Å². The minimum atomic E-state index is -0.469. The first-order valence-corrected chi connectivity index (χ1v) is 5.34. The lowest BCUT2D eigenvalue weighted by atomic mass is 10.1. The molecular weight excluding hydrogens is 216 g/mol. The molecule has 0 saturated carbocycles. The first-order valence-electron chi connectivity index (χ1n) is 5.34. The van der Waals surface area contributed by atoms with Gasteiger partial charge >= 0.3 is 0 Å². The molecule has 4 heteroatoms. The predicted molar refractivity (Wildman–Crippen MR) is 67.6 cm³/mol. The minimum absolute atomic E-state index is 0.430. The van der Waals surface area contributed by atoms with Gasteiger partial charge in [-0.15, -0.1) is 6.58 Å². The van der Waals surface area contributed by atoms with Crippen molar-refractivity contribution in [1.82, 2.24) is 0 Å². The van der Waals surface area contributed by atoms with Crippen LogP contribution in [0, 0.1) is 0 Å². The predicted octanol–water partition coefficient (Wildman–Crippen LogP) is 1.47. The van der Waals surface area contributed by atoms with Gasteiger partial charge in [0.1, 0.15) is 0 Å². The van der Waals surface area contributed by atoms with Crippen molar-refractivity contribution in [1.29, 1.82) is 0 Å². The second-order valence-electron chi connectivity index (χ2n) is 4.06. The van der Waals surface area contributed by atoms with Crippen LogP contribution in [0.15, 0.2) is 30.9 Å². The number of nitrogens with zero attached hydrogens (tertiary/aromatic N) is 2. The summed E-state index contributed by atoms with van der Waals surface area (Å²) < 4.78 is 0. The van der Waals surface area contributed by atoms with Crippen LogP contribution in [0.2, 0.25) is 0 Å². The van der Waals surface area contributed by atoms with E-state index >= 15 is 0 Å². The summed E-state index contributed by atoms with van der Waals surface area (Å²) in [5.74, 6) is -0.899. The quantitative estimate of drug-likeness (QED) is 0.583. The zero-order valence-corrected chi connectivity index (χ0v) is 9.93. The number of likely N-dealkylation sites (N-methyl/N-ethyl adjacent to an activating group) is 2. The molecule has 0 atom stereocenters. The van der Waals surface area contributed by atoms with Gasteiger partial charge in [0.15, 0.2) is 0 Å². The van der Waals surface area contributed by atoms with E-state index in [9.17, 15) is 9.59 Å². The average molecular weight is 230 g/mol. The Morgan fingerprint density at radius 3 is 2.76 bits per heavy atom. The molecule has 1 amide bonds. The molecule has 0 aliphatic carbocycles. The molecule has 1 aromatic carbocycles. The summed E-state index contributed by atoms with van der Waals surface area (Å²) in [4.78, 5) is 26.5. The summed E-state index contributed by atoms with van der Waals surface area (Å²) in [6, 6.07) is 5.39. The Bertz CT molecular complexity index is 508. The summed E-state index contributed by atoms with van der Waals surface area (Å²) in [5, 5.41) is 0. The zero-order chi connectivity index (χ0) is 12.6. The van der Waals surface area contributed by atoms with E-state index < -0.39 is 11.7 Å². The Hall–Kier alpha value is -2.10. The number of rotatable bonds is 3. The third-order valence-electron chi connectivity index (χ3n) is 2.93. The fraction of sp³-hybridized carbons (Fsp3) is 0.231. The van der Waals surface area contributed by atoms with Gasteiger partial charge in [-0.1, -0.05) is 6.08 Å². The van der Waals surface area contributed by atoms with Gasteiger partial charge in [0.2, 0.25) is 0 Å². The van der Waals surface area contributed by atoms with Crippen LogP contribution in [0.4, 0.5) is 11.4 Å². The summed E-state index contributed by atoms with van der Waals surface area (Å²) in [6.45, 7) is 4.39. The maximum Gasteiger partial charge on any atom is 0.299 e. The van der Waals surface area contributed by atoms with E-state index in [0.717, 1.165) is 5.69 Å². The lowest BCUT2D eigenvalue weighted by molar-refractivity contribution is -0.114. The van der Waals surface area contributed by atoms with E-state index in [2.05, 4.69) is 6.58 Å². The Morgan fingerprint density at radius 1 is 1.41 bits per heavy atom. The van der Waals surface area contributed by atoms with Crippen molar-refractivity contribution in [3.63, 3.8) is 0 Å². The normalized spacial score (nSPS) is 13.9. The summed E-state index contributed by atoms with van der Waals surface area (Å²) in [5.41, 5.74) is 2.11. The minimum Gasteiger partial charge on any atom is -0.371 e. The average Bonchev–Trinajstić information content (AvgIpc) is 2.55. The third kappa shape index (κ3) is 1.71. The van der Waals surface area contributed by atoms with E-state index in [1.54, 1.807) is 19.2 Å². The SMILES string of the molecule is C=CCN(C)c1ccc2c(c1)N(C)C(=O)C2=O. The van der Waals surface area contributed by atoms with Crippen molar-refractivity contribution in [2.45, 2.75) is 0 Å². The second-order valence-corrected chi connectivity index (χ2v) is 4.06. The van der Waals surface area contributed by atoms with Gasteiger partial charge in [-0.2, -0.15) is 0 Å². The largest absolute Gasteiger partial charge is 0.371 e. The summed E-state index contributed by atoms with van der Waals surface area (Å²) in [7, 11) is 3.55. The number of Topliss-reactive ketones (excluding diaryl/α,β-unsaturated/α-hetero) is 1. The summed E-state index contributed by atoms with van der Waals surface area (Å²) >= 11 is 0. The molecule has 0 saturated heterocycles. The molecule has 0 unspecified atom stereocenters. The molecule has 1 aliphatic heterocycles. The van der Waals surface area contributed by atoms with Crippen molar-refractivity contribution in [2.24, 2.45) is 0 Å². The maximum atomic E-state index is 11.6. The molecule has 88 valence electrons. The molecule has 0 bridgehead atoms. The zero-order valence-electron chi connectivity index (χ0n) is 9.93. The monoisotopic (exact) mass is 230 g/mol. The molecule has 0 spiro atoms. The molecule has 0 aromatic heterocycles. The van der Waals surface area contributed by atoms with Crippen molar-refractivity contribution in [3.05, 3.63) is 36.4 Å². The molecule has 4 nitrogen and oxygen atoms in total. The van der Waals surface area contributed by atoms with Gasteiger partial charge < -0.3 is 9.80 Å². The van der Waals surface area contributed by atoms with Crippen LogP contribution in [0.25, 0.3) is 0 Å². The fourth-order valence-electron chi connectivity index (χ4n) is 1.90. The van der Waals surface area contributed by atoms with Gasteiger partial charge in [-0.05, 0) is 18.2 Å². The molecule has 0 N–H and O–H groups in total. The van der Waals surface area contributed by atoms with Crippen LogP contribution < -0.4 is 9.80 Å². The fourth-order valence-corrected chi connectivity index (χ4v) is 1.90. The summed E-state index contributed by atoms with van der Waals surface area (Å²) in [6.07, 6.45) is 1.80. The molecule has 2 rings (SSSR count). The highest BCUT2D eigenvalue weighted by molar-refractivity contribution is 6.52. The molecular formula is C13H14N2O2.